The van der Waals surface area contributed by atoms with Crippen molar-refractivity contribution in [3.63, 3.8) is 0 Å². The van der Waals surface area contributed by atoms with Crippen molar-refractivity contribution in [3.05, 3.63) is 77.1 Å². The quantitative estimate of drug-likeness (QED) is 0.172. The maximum absolute atomic E-state index is 13.5. The number of hydrogen-bond acceptors (Lipinski definition) is 11. The van der Waals surface area contributed by atoms with Crippen LogP contribution in [0.15, 0.2) is 60.7 Å². The molecule has 2 bridgehead atoms. The van der Waals surface area contributed by atoms with Gasteiger partial charge in [0.25, 0.3) is 0 Å². The van der Waals surface area contributed by atoms with Crippen LogP contribution < -0.4 is 43.0 Å². The summed E-state index contributed by atoms with van der Waals surface area (Å²) >= 11 is 6.13. The summed E-state index contributed by atoms with van der Waals surface area (Å²) < 4.78 is 0. The highest BCUT2D eigenvalue weighted by Crippen LogP contribution is 2.13. The third kappa shape index (κ3) is 13.0. The van der Waals surface area contributed by atoms with Crippen molar-refractivity contribution in [2.45, 2.75) is 76.2 Å². The summed E-state index contributed by atoms with van der Waals surface area (Å²) in [7, 11) is 0. The van der Waals surface area contributed by atoms with Gasteiger partial charge in [-0.05, 0) is 55.8 Å². The molecule has 0 radical (unpaired) electrons. The zero-order chi connectivity index (χ0) is 38.3. The average Bonchev–Trinajstić information content (AvgIpc) is 3.12. The highest BCUT2D eigenvalue weighted by atomic mass is 35.5. The number of aromatic nitrogens is 3. The van der Waals surface area contributed by atoms with Gasteiger partial charge in [-0.2, -0.15) is 15.0 Å². The predicted molar refractivity (Wildman–Crippen MR) is 196 cm³/mol. The molecule has 3 aromatic rings. The van der Waals surface area contributed by atoms with Gasteiger partial charge in [0.1, 0.15) is 30.2 Å². The standard InChI is InChI=1S/C35H44ClN11O6/c1-20-29(50)44-26(18-23-13-7-4-8-14-23)32(53)42-24(28(37)49)15-9-10-16-38-34-45-33(36)46-35(47-34)41-21(2)30(51)43-25(17-22-11-5-3-6-12-22)31(52)39-19-27(48)40-20/h3-8,11-14,20-21,24-26H,9-10,15-19H2,1-2H3,(H2,37,49)(H,39,52)(H,40,48)(H,42,53)(H,43,51)(H,44,50)(H2,38,41,45,46,47)/t20-,21-,24-,25?,26-/m0/s1. The van der Waals surface area contributed by atoms with Gasteiger partial charge in [0.15, 0.2) is 0 Å². The van der Waals surface area contributed by atoms with Crippen LogP contribution in [0.3, 0.4) is 0 Å². The summed E-state index contributed by atoms with van der Waals surface area (Å²) in [5.74, 6) is -3.85. The van der Waals surface area contributed by atoms with Crippen LogP contribution >= 0.6 is 11.6 Å². The number of hydrogen-bond donors (Lipinski definition) is 8. The summed E-state index contributed by atoms with van der Waals surface area (Å²) in [6, 6.07) is 12.6. The first-order chi connectivity index (χ1) is 25.4. The first-order valence-electron chi connectivity index (χ1n) is 17.1. The van der Waals surface area contributed by atoms with Gasteiger partial charge < -0.3 is 43.0 Å². The Bertz CT molecular complexity index is 1750. The van der Waals surface area contributed by atoms with Gasteiger partial charge >= 0.3 is 0 Å². The highest BCUT2D eigenvalue weighted by Gasteiger charge is 2.29. The Morgan fingerprint density at radius 1 is 0.679 bits per heavy atom. The van der Waals surface area contributed by atoms with Crippen molar-refractivity contribution in [2.24, 2.45) is 5.73 Å². The van der Waals surface area contributed by atoms with E-state index in [1.54, 1.807) is 55.5 Å². The minimum Gasteiger partial charge on any atom is -0.368 e. The van der Waals surface area contributed by atoms with Crippen LogP contribution in [-0.2, 0) is 41.6 Å². The summed E-state index contributed by atoms with van der Waals surface area (Å²) in [4.78, 5) is 91.1. The number of amides is 6. The van der Waals surface area contributed by atoms with Crippen LogP contribution in [0.1, 0.15) is 44.2 Å². The number of nitrogens with two attached hydrogens (primary N) is 1. The second-order valence-electron chi connectivity index (χ2n) is 12.5. The largest absolute Gasteiger partial charge is 0.368 e. The number of nitrogens with zero attached hydrogens (tertiary/aromatic N) is 3. The van der Waals surface area contributed by atoms with Gasteiger partial charge in [0.2, 0.25) is 52.6 Å². The molecule has 6 amide bonds. The van der Waals surface area contributed by atoms with Crippen LogP contribution in [0.25, 0.3) is 0 Å². The number of carbonyl (C=O) groups is 6. The van der Waals surface area contributed by atoms with Gasteiger partial charge in [0.05, 0.1) is 6.54 Å². The number of rotatable bonds is 5. The van der Waals surface area contributed by atoms with Gasteiger partial charge in [-0.15, -0.1) is 0 Å². The van der Waals surface area contributed by atoms with E-state index in [0.717, 1.165) is 11.1 Å². The maximum Gasteiger partial charge on any atom is 0.243 e. The fourth-order valence-corrected chi connectivity index (χ4v) is 5.50. The van der Waals surface area contributed by atoms with Gasteiger partial charge in [-0.1, -0.05) is 60.7 Å². The number of carbonyl (C=O) groups excluding carboxylic acids is 6. The van der Waals surface area contributed by atoms with E-state index >= 15 is 0 Å². The first-order valence-corrected chi connectivity index (χ1v) is 17.5. The number of halogens is 1. The lowest BCUT2D eigenvalue weighted by Gasteiger charge is -2.24. The van der Waals surface area contributed by atoms with Gasteiger partial charge in [-0.25, -0.2) is 0 Å². The minimum absolute atomic E-state index is 0.000224. The van der Waals surface area contributed by atoms with E-state index in [1.165, 1.54) is 6.92 Å². The smallest absolute Gasteiger partial charge is 0.243 e. The molecule has 1 unspecified atom stereocenters. The topological polar surface area (TPSA) is 251 Å². The Hall–Kier alpha value is -5.84. The Labute approximate surface area is 311 Å². The molecule has 0 fully saturated rings. The van der Waals surface area contributed by atoms with Crippen LogP contribution in [0, 0.1) is 0 Å². The minimum atomic E-state index is -1.12. The number of anilines is 2. The fourth-order valence-electron chi connectivity index (χ4n) is 5.34. The second kappa shape index (κ2) is 19.7. The van der Waals surface area contributed by atoms with Crippen molar-refractivity contribution in [2.75, 3.05) is 23.7 Å². The molecule has 0 saturated carbocycles. The second-order valence-corrected chi connectivity index (χ2v) is 12.9. The molecular weight excluding hydrogens is 706 g/mol. The summed E-state index contributed by atoms with van der Waals surface area (Å²) in [6.07, 6.45) is 1.37. The normalized spacial score (nSPS) is 22.8. The molecule has 282 valence electrons. The van der Waals surface area contributed by atoms with Crippen molar-refractivity contribution in [1.82, 2.24) is 41.5 Å². The monoisotopic (exact) mass is 749 g/mol. The highest BCUT2D eigenvalue weighted by molar-refractivity contribution is 6.28. The third-order valence-electron chi connectivity index (χ3n) is 8.23. The van der Waals surface area contributed by atoms with Gasteiger partial charge in [-0.3, -0.25) is 28.8 Å². The molecule has 0 spiro atoms. The molecular formula is C35H44ClN11O6. The first kappa shape index (κ1) is 39.9. The molecule has 4 rings (SSSR count). The van der Waals surface area contributed by atoms with E-state index in [2.05, 4.69) is 52.2 Å². The van der Waals surface area contributed by atoms with Gasteiger partial charge in [0, 0.05) is 19.4 Å². The summed E-state index contributed by atoms with van der Waals surface area (Å²) in [5, 5.41) is 18.8. The van der Waals surface area contributed by atoms with E-state index < -0.39 is 72.2 Å². The lowest BCUT2D eigenvalue weighted by molar-refractivity contribution is -0.133. The summed E-state index contributed by atoms with van der Waals surface area (Å²) in [6.45, 7) is 2.80. The Balaban J connectivity index is 1.56. The number of primary amides is 1. The third-order valence-corrected chi connectivity index (χ3v) is 8.40. The molecule has 53 heavy (non-hydrogen) atoms. The van der Waals surface area contributed by atoms with E-state index in [1.807, 2.05) is 12.1 Å². The molecule has 0 aliphatic carbocycles. The van der Waals surface area contributed by atoms with E-state index in [-0.39, 0.29) is 36.4 Å². The van der Waals surface area contributed by atoms with E-state index in [9.17, 15) is 28.8 Å². The Morgan fingerprint density at radius 2 is 1.23 bits per heavy atom. The summed E-state index contributed by atoms with van der Waals surface area (Å²) in [5.41, 5.74) is 7.12. The molecule has 2 aromatic carbocycles. The van der Waals surface area contributed by atoms with Crippen LogP contribution in [-0.4, -0.2) is 93.7 Å². The molecule has 18 heteroatoms. The average molecular weight is 750 g/mol. The predicted octanol–water partition coefficient (Wildman–Crippen LogP) is -0.0328. The van der Waals surface area contributed by atoms with Crippen molar-refractivity contribution >= 4 is 58.9 Å². The van der Waals surface area contributed by atoms with E-state index in [0.29, 0.717) is 19.4 Å². The lowest BCUT2D eigenvalue weighted by atomic mass is 10.0. The number of fused-ring (bicyclic) bond motifs is 2. The molecule has 0 saturated heterocycles. The molecule has 17 nitrogen and oxygen atoms in total. The molecule has 9 N–H and O–H groups in total. The number of benzene rings is 2. The Morgan fingerprint density at radius 3 is 1.81 bits per heavy atom. The molecule has 5 atom stereocenters. The molecule has 1 aromatic heterocycles. The molecule has 1 aliphatic heterocycles. The van der Waals surface area contributed by atoms with Crippen molar-refractivity contribution in [1.29, 1.82) is 0 Å². The molecule has 2 heterocycles. The molecule has 1 aliphatic rings. The van der Waals surface area contributed by atoms with Crippen LogP contribution in [0.4, 0.5) is 11.9 Å². The maximum atomic E-state index is 13.5. The van der Waals surface area contributed by atoms with E-state index in [4.69, 9.17) is 17.3 Å². The van der Waals surface area contributed by atoms with Crippen LogP contribution in [0.2, 0.25) is 5.28 Å². The SMILES string of the molecule is C[C@@H]1NC(=O)CNC(=O)C(Cc2ccccc2)NC(=O)[C@H](C)Nc2nc(Cl)nc(n2)NCCCC[C@@H](C(N)=O)NC(=O)[C@H](Cc2ccccc2)NC1=O. The van der Waals surface area contributed by atoms with Crippen LogP contribution in [0.5, 0.6) is 0 Å². The Kier molecular flexibility index (Phi) is 14.8. The lowest BCUT2D eigenvalue weighted by Crippen LogP contribution is -2.57. The zero-order valence-electron chi connectivity index (χ0n) is 29.4. The fraction of sp³-hybridized carbons (Fsp3) is 0.400. The van der Waals surface area contributed by atoms with Crippen molar-refractivity contribution in [3.8, 4) is 0 Å². The number of nitrogens with one attached hydrogen (secondary N) is 7. The zero-order valence-corrected chi connectivity index (χ0v) is 30.1. The van der Waals surface area contributed by atoms with Crippen molar-refractivity contribution < 1.29 is 28.8 Å².